The van der Waals surface area contributed by atoms with Crippen molar-refractivity contribution in [3.63, 3.8) is 0 Å². The summed E-state index contributed by atoms with van der Waals surface area (Å²) in [7, 11) is -14.1. The van der Waals surface area contributed by atoms with Gasteiger partial charge in [-0.15, -0.1) is 0 Å². The standard InChI is InChI=1S/C20H29N4O18P3/c1-35-13-7-23(19(27)21-17(13)25)15-5-3-11(39-15)9-37-43(29,30)41-45(33,34)42-44(31,32)38-10-12-4-6-16(40-12)24-8-14(36-2)18(26)22-20(24)28/h7-8,11-12,15-16H,3-6,9-10H2,1-2H3,(H,29,30)(H,31,32)(H,33,34)(H,21,25,27)(H,22,26,28). The Morgan fingerprint density at radius 1 is 0.711 bits per heavy atom. The van der Waals surface area contributed by atoms with E-state index in [0.717, 1.165) is 21.5 Å². The van der Waals surface area contributed by atoms with Gasteiger partial charge in [-0.05, 0) is 25.7 Å². The molecule has 22 nitrogen and oxygen atoms in total. The molecule has 45 heavy (non-hydrogen) atoms. The summed E-state index contributed by atoms with van der Waals surface area (Å²) in [6.45, 7) is -1.37. The Morgan fingerprint density at radius 2 is 1.09 bits per heavy atom. The lowest BCUT2D eigenvalue weighted by Crippen LogP contribution is -2.33. The fraction of sp³-hybridized carbons (Fsp3) is 0.600. The molecule has 2 aromatic rings. The van der Waals surface area contributed by atoms with Gasteiger partial charge in [-0.2, -0.15) is 8.62 Å². The lowest BCUT2D eigenvalue weighted by atomic mass is 10.2. The van der Waals surface area contributed by atoms with Crippen LogP contribution in [0, 0.1) is 0 Å². The predicted molar refractivity (Wildman–Crippen MR) is 146 cm³/mol. The maximum absolute atomic E-state index is 12.3. The third kappa shape index (κ3) is 9.19. The van der Waals surface area contributed by atoms with E-state index in [-0.39, 0.29) is 37.2 Å². The van der Waals surface area contributed by atoms with Gasteiger partial charge in [-0.25, -0.2) is 23.3 Å². The highest BCUT2D eigenvalue weighted by molar-refractivity contribution is 7.66. The number of aromatic nitrogens is 4. The van der Waals surface area contributed by atoms with Crippen molar-refractivity contribution < 1.29 is 65.0 Å². The molecule has 0 bridgehead atoms. The lowest BCUT2D eigenvalue weighted by Gasteiger charge is -2.20. The fourth-order valence-electron chi connectivity index (χ4n) is 4.36. The van der Waals surface area contributed by atoms with Gasteiger partial charge < -0.3 is 33.6 Å². The summed E-state index contributed by atoms with van der Waals surface area (Å²) in [6.07, 6.45) is -0.670. The number of phosphoric ester groups is 2. The maximum atomic E-state index is 12.3. The topological polar surface area (TPSA) is 295 Å². The minimum Gasteiger partial charge on any atom is -0.490 e. The van der Waals surface area contributed by atoms with E-state index in [1.807, 2.05) is 9.97 Å². The van der Waals surface area contributed by atoms with Gasteiger partial charge in [0.25, 0.3) is 11.1 Å². The van der Waals surface area contributed by atoms with Crippen LogP contribution in [-0.2, 0) is 40.8 Å². The molecule has 0 aliphatic carbocycles. The second-order valence-electron chi connectivity index (χ2n) is 9.47. The van der Waals surface area contributed by atoms with Gasteiger partial charge in [-0.1, -0.05) is 0 Å². The molecule has 25 heteroatoms. The van der Waals surface area contributed by atoms with Crippen molar-refractivity contribution in [1.29, 1.82) is 0 Å². The summed E-state index contributed by atoms with van der Waals surface area (Å²) >= 11 is 0. The van der Waals surface area contributed by atoms with E-state index in [2.05, 4.69) is 17.7 Å². The van der Waals surface area contributed by atoms with Crippen LogP contribution in [0.15, 0.2) is 31.6 Å². The molecule has 0 aromatic carbocycles. The number of aromatic amines is 2. The van der Waals surface area contributed by atoms with Crippen molar-refractivity contribution in [3.05, 3.63) is 54.1 Å². The Labute approximate surface area is 251 Å². The molecule has 6 unspecified atom stereocenters. The second-order valence-corrected chi connectivity index (χ2v) is 14.1. The molecule has 4 heterocycles. The molecule has 2 aliphatic heterocycles. The third-order valence-electron chi connectivity index (χ3n) is 6.36. The van der Waals surface area contributed by atoms with E-state index in [9.17, 15) is 47.6 Å². The fourth-order valence-corrected chi connectivity index (χ4v) is 7.92. The number of phosphoric acid groups is 3. The van der Waals surface area contributed by atoms with Gasteiger partial charge in [0.2, 0.25) is 11.5 Å². The number of ether oxygens (including phenoxy) is 4. The van der Waals surface area contributed by atoms with Crippen LogP contribution in [0.2, 0.25) is 0 Å². The smallest absolute Gasteiger partial charge is 0.490 e. The molecule has 0 amide bonds. The van der Waals surface area contributed by atoms with Crippen molar-refractivity contribution in [2.45, 2.75) is 50.3 Å². The molecule has 0 radical (unpaired) electrons. The van der Waals surface area contributed by atoms with Gasteiger partial charge in [0.1, 0.15) is 12.5 Å². The zero-order valence-corrected chi connectivity index (χ0v) is 26.1. The highest BCUT2D eigenvalue weighted by Crippen LogP contribution is 2.67. The molecule has 0 saturated carbocycles. The molecular weight excluding hydrogens is 677 g/mol. The first-order valence-electron chi connectivity index (χ1n) is 12.8. The van der Waals surface area contributed by atoms with Crippen LogP contribution in [0.5, 0.6) is 11.5 Å². The number of hydrogen-bond donors (Lipinski definition) is 5. The summed E-state index contributed by atoms with van der Waals surface area (Å²) in [5.74, 6) is -0.336. The summed E-state index contributed by atoms with van der Waals surface area (Å²) < 4.78 is 77.2. The number of hydrogen-bond acceptors (Lipinski definition) is 15. The third-order valence-corrected chi connectivity index (χ3v) is 10.6. The Balaban J connectivity index is 1.26. The Bertz CT molecular complexity index is 1640. The number of nitrogens with zero attached hydrogens (tertiary/aromatic N) is 2. The Kier molecular flexibility index (Phi) is 10.9. The Morgan fingerprint density at radius 3 is 1.44 bits per heavy atom. The van der Waals surface area contributed by atoms with E-state index < -0.39 is 83.8 Å². The lowest BCUT2D eigenvalue weighted by molar-refractivity contribution is -0.0257. The number of H-pyrrole nitrogens is 2. The molecule has 5 N–H and O–H groups in total. The van der Waals surface area contributed by atoms with Crippen LogP contribution in [0.4, 0.5) is 0 Å². The normalized spacial score (nSPS) is 25.7. The van der Waals surface area contributed by atoms with E-state index >= 15 is 0 Å². The first-order chi connectivity index (χ1) is 21.0. The summed E-state index contributed by atoms with van der Waals surface area (Å²) in [6, 6.07) is 0. The van der Waals surface area contributed by atoms with Crippen LogP contribution in [0.3, 0.4) is 0 Å². The van der Waals surface area contributed by atoms with E-state index in [1.54, 1.807) is 0 Å². The average Bonchev–Trinajstić information content (AvgIpc) is 3.60. The highest BCUT2D eigenvalue weighted by atomic mass is 31.3. The quantitative estimate of drug-likeness (QED) is 0.159. The summed E-state index contributed by atoms with van der Waals surface area (Å²) in [4.78, 5) is 81.2. The molecule has 2 fully saturated rings. The van der Waals surface area contributed by atoms with Gasteiger partial charge in [0, 0.05) is 0 Å². The molecule has 252 valence electrons. The summed E-state index contributed by atoms with van der Waals surface area (Å²) in [5.41, 5.74) is -3.12. The van der Waals surface area contributed by atoms with Crippen molar-refractivity contribution in [2.75, 3.05) is 27.4 Å². The van der Waals surface area contributed by atoms with Crippen LogP contribution in [0.1, 0.15) is 38.1 Å². The van der Waals surface area contributed by atoms with Crippen LogP contribution in [0.25, 0.3) is 0 Å². The van der Waals surface area contributed by atoms with E-state index in [4.69, 9.17) is 18.9 Å². The number of nitrogens with one attached hydrogen (secondary N) is 2. The van der Waals surface area contributed by atoms with Gasteiger partial charge in [-0.3, -0.25) is 37.7 Å². The highest BCUT2D eigenvalue weighted by Gasteiger charge is 2.43. The average molecular weight is 706 g/mol. The Hall–Kier alpha value is -2.71. The number of methoxy groups -OCH3 is 2. The first kappa shape index (κ1) is 35.1. The molecule has 2 saturated heterocycles. The van der Waals surface area contributed by atoms with Crippen LogP contribution >= 0.6 is 23.5 Å². The monoisotopic (exact) mass is 706 g/mol. The van der Waals surface area contributed by atoms with E-state index in [1.165, 1.54) is 14.2 Å². The zero-order valence-electron chi connectivity index (χ0n) is 23.4. The molecular formula is C20H29N4O18P3. The molecule has 6 atom stereocenters. The molecule has 4 rings (SSSR count). The van der Waals surface area contributed by atoms with Crippen LogP contribution < -0.4 is 32.0 Å². The SMILES string of the molecule is COc1cn(C2CCC(COP(=O)(O)OP(=O)(O)OP(=O)(O)OCC3CCC(n4cc(OC)c(=O)[nH]c4=O)O3)O2)c(=O)[nH]c1=O. The minimum atomic E-state index is -5.76. The number of rotatable bonds is 14. The van der Waals surface area contributed by atoms with Crippen LogP contribution in [-0.4, -0.2) is 73.4 Å². The van der Waals surface area contributed by atoms with Crippen molar-refractivity contribution in [3.8, 4) is 11.5 Å². The summed E-state index contributed by atoms with van der Waals surface area (Å²) in [5, 5.41) is 0. The van der Waals surface area contributed by atoms with E-state index in [0.29, 0.717) is 0 Å². The first-order valence-corrected chi connectivity index (χ1v) is 17.3. The minimum absolute atomic E-state index is 0.168. The molecule has 2 aliphatic rings. The van der Waals surface area contributed by atoms with Gasteiger partial charge in [0.05, 0.1) is 52.0 Å². The predicted octanol–water partition coefficient (Wildman–Crippen LogP) is -0.173. The van der Waals surface area contributed by atoms with Gasteiger partial charge in [0.15, 0.2) is 0 Å². The zero-order chi connectivity index (χ0) is 33.2. The van der Waals surface area contributed by atoms with Crippen molar-refractivity contribution >= 4 is 23.5 Å². The van der Waals surface area contributed by atoms with Crippen molar-refractivity contribution in [1.82, 2.24) is 19.1 Å². The maximum Gasteiger partial charge on any atom is 0.490 e. The molecule has 0 spiro atoms. The van der Waals surface area contributed by atoms with Crippen molar-refractivity contribution in [2.24, 2.45) is 0 Å². The molecule has 2 aromatic heterocycles. The largest absolute Gasteiger partial charge is 0.490 e. The second kappa shape index (κ2) is 14.0. The van der Waals surface area contributed by atoms with Gasteiger partial charge >= 0.3 is 34.8 Å².